The summed E-state index contributed by atoms with van der Waals surface area (Å²) in [6, 6.07) is 5.01. The fraction of sp³-hybridized carbons (Fsp3) is 0.381. The molecule has 3 heterocycles. The molecule has 1 saturated heterocycles. The zero-order valence-corrected chi connectivity index (χ0v) is 17.3. The molecular formula is C21H26N6O4. The number of amides is 2. The number of carbonyl (C=O) groups is 2. The fourth-order valence-electron chi connectivity index (χ4n) is 2.74. The molecule has 3 rings (SSSR count). The van der Waals surface area contributed by atoms with Gasteiger partial charge in [-0.15, -0.1) is 0 Å². The van der Waals surface area contributed by atoms with Gasteiger partial charge in [-0.25, -0.2) is 15.3 Å². The molecular weight excluding hydrogens is 400 g/mol. The van der Waals surface area contributed by atoms with E-state index in [2.05, 4.69) is 31.1 Å². The van der Waals surface area contributed by atoms with Crippen molar-refractivity contribution < 1.29 is 19.2 Å². The lowest BCUT2D eigenvalue weighted by molar-refractivity contribution is -0.198. The van der Waals surface area contributed by atoms with Crippen LogP contribution >= 0.6 is 0 Å². The van der Waals surface area contributed by atoms with Crippen molar-refractivity contribution in [2.24, 2.45) is 0 Å². The maximum absolute atomic E-state index is 12.2. The zero-order chi connectivity index (χ0) is 21.9. The van der Waals surface area contributed by atoms with Crippen LogP contribution in [0.2, 0.25) is 0 Å². The van der Waals surface area contributed by atoms with Gasteiger partial charge < -0.3 is 15.4 Å². The maximum atomic E-state index is 12.2. The smallest absolute Gasteiger partial charge is 0.267 e. The highest BCUT2D eigenvalue weighted by molar-refractivity contribution is 5.90. The summed E-state index contributed by atoms with van der Waals surface area (Å²) >= 11 is 0. The molecule has 0 aliphatic carbocycles. The summed E-state index contributed by atoms with van der Waals surface area (Å²) in [5.41, 5.74) is 3.60. The average Bonchev–Trinajstić information content (AvgIpc) is 2.82. The Hall–Kier alpha value is -3.37. The minimum atomic E-state index is -0.510. The number of pyridine rings is 1. The molecule has 0 spiro atoms. The van der Waals surface area contributed by atoms with Crippen molar-refractivity contribution in [3.63, 3.8) is 0 Å². The predicted molar refractivity (Wildman–Crippen MR) is 113 cm³/mol. The van der Waals surface area contributed by atoms with Crippen LogP contribution in [0.3, 0.4) is 0 Å². The summed E-state index contributed by atoms with van der Waals surface area (Å²) in [4.78, 5) is 41.8. The minimum absolute atomic E-state index is 0.185. The number of nitrogens with one attached hydrogen (secondary N) is 3. The highest BCUT2D eigenvalue weighted by Crippen LogP contribution is 2.12. The molecule has 2 aromatic rings. The normalized spacial score (nSPS) is 17.1. The highest BCUT2D eigenvalue weighted by Gasteiger charge is 2.15. The second-order valence-corrected chi connectivity index (χ2v) is 6.95. The van der Waals surface area contributed by atoms with Crippen molar-refractivity contribution >= 4 is 23.7 Å². The number of hydrogen-bond donors (Lipinski definition) is 3. The Balaban J connectivity index is 1.40. The van der Waals surface area contributed by atoms with Crippen LogP contribution in [0.4, 0.5) is 5.82 Å². The molecule has 2 amide bonds. The molecule has 1 fully saturated rings. The van der Waals surface area contributed by atoms with Crippen LogP contribution in [0.15, 0.2) is 42.9 Å². The lowest BCUT2D eigenvalue weighted by atomic mass is 10.2. The van der Waals surface area contributed by atoms with E-state index in [1.807, 2.05) is 18.2 Å². The van der Waals surface area contributed by atoms with Gasteiger partial charge in [-0.05, 0) is 38.0 Å². The van der Waals surface area contributed by atoms with Gasteiger partial charge in [-0.1, -0.05) is 6.07 Å². The Labute approximate surface area is 180 Å². The zero-order valence-electron chi connectivity index (χ0n) is 17.3. The van der Waals surface area contributed by atoms with E-state index in [9.17, 15) is 9.59 Å². The lowest BCUT2D eigenvalue weighted by Crippen LogP contribution is -2.37. The van der Waals surface area contributed by atoms with Gasteiger partial charge in [0.2, 0.25) is 5.91 Å². The van der Waals surface area contributed by atoms with Gasteiger partial charge in [0, 0.05) is 25.3 Å². The Bertz CT molecular complexity index is 869. The molecule has 10 nitrogen and oxygen atoms in total. The molecule has 2 aromatic heterocycles. The van der Waals surface area contributed by atoms with E-state index in [4.69, 9.17) is 9.57 Å². The van der Waals surface area contributed by atoms with Gasteiger partial charge in [0.05, 0.1) is 30.3 Å². The lowest BCUT2D eigenvalue weighted by Gasteiger charge is -2.21. The van der Waals surface area contributed by atoms with Crippen molar-refractivity contribution in [1.82, 2.24) is 25.7 Å². The second kappa shape index (κ2) is 11.7. The summed E-state index contributed by atoms with van der Waals surface area (Å²) in [6.45, 7) is 2.71. The van der Waals surface area contributed by atoms with Gasteiger partial charge in [-0.3, -0.25) is 19.6 Å². The molecule has 2 atom stereocenters. The van der Waals surface area contributed by atoms with Crippen LogP contribution in [-0.4, -0.2) is 45.7 Å². The van der Waals surface area contributed by atoms with E-state index in [0.717, 1.165) is 25.0 Å². The summed E-state index contributed by atoms with van der Waals surface area (Å²) in [6.07, 6.45) is 9.85. The third-order valence-corrected chi connectivity index (χ3v) is 4.43. The van der Waals surface area contributed by atoms with Crippen molar-refractivity contribution in [1.29, 1.82) is 0 Å². The minimum Gasteiger partial charge on any atom is -0.357 e. The molecule has 1 aliphatic rings. The van der Waals surface area contributed by atoms with Crippen LogP contribution in [0.1, 0.15) is 37.6 Å². The average molecular weight is 426 g/mol. The van der Waals surface area contributed by atoms with E-state index in [1.165, 1.54) is 24.5 Å². The Kier molecular flexibility index (Phi) is 8.44. The molecule has 10 heteroatoms. The number of anilines is 1. The van der Waals surface area contributed by atoms with Crippen LogP contribution in [0.5, 0.6) is 0 Å². The molecule has 3 N–H and O–H groups in total. The number of carbonyl (C=O) groups excluding carboxylic acids is 2. The number of rotatable bonds is 9. The van der Waals surface area contributed by atoms with E-state index in [0.29, 0.717) is 24.7 Å². The third-order valence-electron chi connectivity index (χ3n) is 4.43. The van der Waals surface area contributed by atoms with E-state index in [1.54, 1.807) is 13.1 Å². The molecule has 31 heavy (non-hydrogen) atoms. The van der Waals surface area contributed by atoms with E-state index in [-0.39, 0.29) is 5.91 Å². The van der Waals surface area contributed by atoms with Gasteiger partial charge in [0.25, 0.3) is 5.91 Å². The SMILES string of the molecule is C[C@@H](Nc1cnc(/C=C/C(=O)NOC2CCCCO2)cn1)C(=O)NCc1ccccn1. The second-order valence-electron chi connectivity index (χ2n) is 6.95. The maximum Gasteiger partial charge on any atom is 0.267 e. The van der Waals surface area contributed by atoms with Crippen LogP contribution in [0.25, 0.3) is 6.08 Å². The van der Waals surface area contributed by atoms with Gasteiger partial charge in [0.15, 0.2) is 6.29 Å². The Morgan fingerprint density at radius 2 is 2.16 bits per heavy atom. The monoisotopic (exact) mass is 426 g/mol. The molecule has 1 unspecified atom stereocenters. The predicted octanol–water partition coefficient (Wildman–Crippen LogP) is 1.58. The number of ether oxygens (including phenoxy) is 1. The molecule has 0 saturated carbocycles. The summed E-state index contributed by atoms with van der Waals surface area (Å²) in [5.74, 6) is -0.161. The highest BCUT2D eigenvalue weighted by atomic mass is 16.8. The van der Waals surface area contributed by atoms with Crippen molar-refractivity contribution in [3.05, 3.63) is 54.3 Å². The first-order chi connectivity index (χ1) is 15.1. The number of aromatic nitrogens is 3. The van der Waals surface area contributed by atoms with Crippen LogP contribution in [-0.2, 0) is 25.7 Å². The van der Waals surface area contributed by atoms with Gasteiger partial charge in [0.1, 0.15) is 11.9 Å². The number of nitrogens with zero attached hydrogens (tertiary/aromatic N) is 3. The first-order valence-corrected chi connectivity index (χ1v) is 10.1. The van der Waals surface area contributed by atoms with Gasteiger partial charge in [-0.2, -0.15) is 0 Å². The van der Waals surface area contributed by atoms with Crippen molar-refractivity contribution in [3.8, 4) is 0 Å². The summed E-state index contributed by atoms with van der Waals surface area (Å²) < 4.78 is 5.37. The largest absolute Gasteiger partial charge is 0.357 e. The third kappa shape index (κ3) is 7.76. The molecule has 164 valence electrons. The van der Waals surface area contributed by atoms with Crippen LogP contribution < -0.4 is 16.1 Å². The fourth-order valence-corrected chi connectivity index (χ4v) is 2.74. The first kappa shape index (κ1) is 22.3. The quantitative estimate of drug-likeness (QED) is 0.407. The van der Waals surface area contributed by atoms with Crippen molar-refractivity contribution in [2.45, 2.75) is 45.1 Å². The topological polar surface area (TPSA) is 127 Å². The Morgan fingerprint density at radius 3 is 2.87 bits per heavy atom. The Morgan fingerprint density at radius 1 is 1.26 bits per heavy atom. The van der Waals surface area contributed by atoms with E-state index < -0.39 is 18.2 Å². The molecule has 0 aromatic carbocycles. The van der Waals surface area contributed by atoms with E-state index >= 15 is 0 Å². The summed E-state index contributed by atoms with van der Waals surface area (Å²) in [7, 11) is 0. The summed E-state index contributed by atoms with van der Waals surface area (Å²) in [5, 5.41) is 5.79. The van der Waals surface area contributed by atoms with Crippen molar-refractivity contribution in [2.75, 3.05) is 11.9 Å². The van der Waals surface area contributed by atoms with Gasteiger partial charge >= 0.3 is 0 Å². The van der Waals surface area contributed by atoms with Crippen LogP contribution in [0, 0.1) is 0 Å². The first-order valence-electron chi connectivity index (χ1n) is 10.1. The number of hydrogen-bond acceptors (Lipinski definition) is 8. The molecule has 0 bridgehead atoms. The molecule has 1 aliphatic heterocycles. The standard InChI is InChI=1S/C21H26N6O4/c1-15(21(29)25-13-16-6-2-4-10-22-16)26-18-14-23-17(12-24-18)8-9-19(28)27-31-20-7-3-5-11-30-20/h2,4,6,8-10,12,14-15,20H,3,5,7,11,13H2,1H3,(H,24,26)(H,25,29)(H,27,28)/b9-8+/t15-,20?/m1/s1. The number of hydroxylamine groups is 1. The molecule has 0 radical (unpaired) electrons.